The zero-order chi connectivity index (χ0) is 39.6. The van der Waals surface area contributed by atoms with Crippen LogP contribution < -0.4 is 4.74 Å². The van der Waals surface area contributed by atoms with Crippen molar-refractivity contribution in [2.24, 2.45) is 0 Å². The van der Waals surface area contributed by atoms with Gasteiger partial charge in [0.1, 0.15) is 11.5 Å². The van der Waals surface area contributed by atoms with Crippen LogP contribution in [-0.4, -0.2) is 19.9 Å². The van der Waals surface area contributed by atoms with Gasteiger partial charge in [0.2, 0.25) is 0 Å². The van der Waals surface area contributed by atoms with E-state index in [1.165, 1.54) is 22.3 Å². The fourth-order valence-corrected chi connectivity index (χ4v) is 9.46. The third kappa shape index (κ3) is 5.12. The minimum atomic E-state index is -0.685. The van der Waals surface area contributed by atoms with Crippen LogP contribution >= 0.6 is 0 Å². The first-order valence-electron chi connectivity index (χ1n) is 20.2. The van der Waals surface area contributed by atoms with E-state index >= 15 is 0 Å². The van der Waals surface area contributed by atoms with E-state index in [0.717, 1.165) is 72.5 Å². The van der Waals surface area contributed by atoms with Gasteiger partial charge in [-0.2, -0.15) is 0 Å². The van der Waals surface area contributed by atoms with E-state index in [0.29, 0.717) is 17.5 Å². The van der Waals surface area contributed by atoms with Crippen molar-refractivity contribution in [3.8, 4) is 79.0 Å². The van der Waals surface area contributed by atoms with Crippen molar-refractivity contribution in [3.05, 3.63) is 229 Å². The Morgan fingerprint density at radius 3 is 1.42 bits per heavy atom. The predicted octanol–water partition coefficient (Wildman–Crippen LogP) is 13.2. The molecule has 0 fully saturated rings. The fraction of sp³-hybridized carbons (Fsp3) is 0.0182. The molecule has 280 valence electrons. The predicted molar refractivity (Wildman–Crippen MR) is 240 cm³/mol. The monoisotopic (exact) mass is 766 g/mol. The summed E-state index contributed by atoms with van der Waals surface area (Å²) in [7, 11) is 0. The van der Waals surface area contributed by atoms with Gasteiger partial charge in [-0.15, -0.1) is 0 Å². The third-order valence-electron chi connectivity index (χ3n) is 12.1. The van der Waals surface area contributed by atoms with Gasteiger partial charge in [0.05, 0.1) is 16.5 Å². The van der Waals surface area contributed by atoms with E-state index < -0.39 is 5.41 Å². The van der Waals surface area contributed by atoms with Gasteiger partial charge in [-0.25, -0.2) is 15.0 Å². The van der Waals surface area contributed by atoms with Gasteiger partial charge < -0.3 is 4.74 Å². The van der Waals surface area contributed by atoms with E-state index in [4.69, 9.17) is 19.7 Å². The summed E-state index contributed by atoms with van der Waals surface area (Å²) in [6, 6.07) is 70.1. The molecule has 0 unspecified atom stereocenters. The molecule has 5 heteroatoms. The molecule has 8 aromatic carbocycles. The fourth-order valence-electron chi connectivity index (χ4n) is 9.46. The standard InChI is InChI=1S/C55H34N4O/c1-3-15-37(16-4-1)52-57-53(38-17-5-2-6-18-38)59-54(58-52)44-23-14-27-48-51(44)60-50-40(36-31-29-35(30-32-36)39-33-34-56-49-28-12-9-21-43(39)49)22-13-26-47(50)55(48)45-24-10-7-19-41(45)42-20-8-11-25-46(42)55/h1-34H. The molecule has 0 saturated carbocycles. The number of aromatic nitrogens is 4. The molecule has 0 bridgehead atoms. The van der Waals surface area contributed by atoms with Gasteiger partial charge in [0.15, 0.2) is 17.5 Å². The number of benzene rings is 8. The van der Waals surface area contributed by atoms with Crippen molar-refractivity contribution in [1.29, 1.82) is 0 Å². The molecule has 3 heterocycles. The van der Waals surface area contributed by atoms with Crippen molar-refractivity contribution in [1.82, 2.24) is 19.9 Å². The maximum absolute atomic E-state index is 7.42. The summed E-state index contributed by atoms with van der Waals surface area (Å²) in [4.78, 5) is 20.0. The highest BCUT2D eigenvalue weighted by molar-refractivity contribution is 5.95. The lowest BCUT2D eigenvalue weighted by Crippen LogP contribution is -2.32. The number of hydrogen-bond donors (Lipinski definition) is 0. The summed E-state index contributed by atoms with van der Waals surface area (Å²) < 4.78 is 7.42. The van der Waals surface area contributed by atoms with Crippen LogP contribution in [0.5, 0.6) is 11.5 Å². The Balaban J connectivity index is 1.11. The number of pyridine rings is 1. The molecule has 10 aromatic rings. The summed E-state index contributed by atoms with van der Waals surface area (Å²) in [5.41, 5.74) is 14.3. The third-order valence-corrected chi connectivity index (χ3v) is 12.1. The number of hydrogen-bond acceptors (Lipinski definition) is 5. The quantitative estimate of drug-likeness (QED) is 0.175. The molecular weight excluding hydrogens is 733 g/mol. The van der Waals surface area contributed by atoms with Crippen LogP contribution in [0.3, 0.4) is 0 Å². The molecule has 2 aliphatic rings. The van der Waals surface area contributed by atoms with E-state index in [-0.39, 0.29) is 0 Å². The molecule has 60 heavy (non-hydrogen) atoms. The first-order valence-corrected chi connectivity index (χ1v) is 20.2. The van der Waals surface area contributed by atoms with E-state index in [1.54, 1.807) is 0 Å². The molecule has 12 rings (SSSR count). The van der Waals surface area contributed by atoms with Crippen molar-refractivity contribution >= 4 is 10.9 Å². The van der Waals surface area contributed by atoms with Gasteiger partial charge in [-0.1, -0.05) is 182 Å². The Morgan fingerprint density at radius 1 is 0.317 bits per heavy atom. The van der Waals surface area contributed by atoms with Crippen molar-refractivity contribution in [2.45, 2.75) is 5.41 Å². The van der Waals surface area contributed by atoms with E-state index in [9.17, 15) is 0 Å². The average Bonchev–Trinajstić information content (AvgIpc) is 3.62. The maximum atomic E-state index is 7.42. The van der Waals surface area contributed by atoms with Crippen LogP contribution in [-0.2, 0) is 5.41 Å². The molecule has 1 spiro atoms. The molecule has 1 aliphatic heterocycles. The SMILES string of the molecule is c1ccc(-c2nc(-c3ccccc3)nc(-c3cccc4c3Oc3c(-c5ccc(-c6ccnc7ccccc67)cc5)cccc3C43c4ccccc4-c4ccccc43)n2)cc1. The summed E-state index contributed by atoms with van der Waals surface area (Å²) in [5.74, 6) is 3.29. The Labute approximate surface area is 347 Å². The summed E-state index contributed by atoms with van der Waals surface area (Å²) in [5, 5.41) is 1.13. The zero-order valence-electron chi connectivity index (χ0n) is 32.3. The molecule has 5 nitrogen and oxygen atoms in total. The smallest absolute Gasteiger partial charge is 0.167 e. The van der Waals surface area contributed by atoms with Crippen LogP contribution in [0.4, 0.5) is 0 Å². The summed E-state index contributed by atoms with van der Waals surface area (Å²) in [6.07, 6.45) is 1.89. The second kappa shape index (κ2) is 13.5. The van der Waals surface area contributed by atoms with Gasteiger partial charge in [-0.05, 0) is 57.1 Å². The van der Waals surface area contributed by atoms with Gasteiger partial charge in [0, 0.05) is 39.4 Å². The van der Waals surface area contributed by atoms with Crippen LogP contribution in [0.2, 0.25) is 0 Å². The second-order valence-electron chi connectivity index (χ2n) is 15.3. The number of rotatable bonds is 5. The Hall–Kier alpha value is -8.02. The van der Waals surface area contributed by atoms with Crippen LogP contribution in [0.1, 0.15) is 22.3 Å². The number of para-hydroxylation sites is 3. The molecule has 0 amide bonds. The highest BCUT2D eigenvalue weighted by Crippen LogP contribution is 2.64. The normalized spacial score (nSPS) is 12.9. The van der Waals surface area contributed by atoms with Gasteiger partial charge >= 0.3 is 0 Å². The average molecular weight is 767 g/mol. The molecule has 2 aromatic heterocycles. The molecule has 1 aliphatic carbocycles. The van der Waals surface area contributed by atoms with Crippen LogP contribution in [0, 0.1) is 0 Å². The first-order chi connectivity index (χ1) is 29.8. The highest BCUT2D eigenvalue weighted by Gasteiger charge is 2.52. The van der Waals surface area contributed by atoms with E-state index in [2.05, 4.69) is 138 Å². The lowest BCUT2D eigenvalue weighted by Gasteiger charge is -2.40. The molecule has 0 atom stereocenters. The molecule has 0 saturated heterocycles. The largest absolute Gasteiger partial charge is 0.455 e. The van der Waals surface area contributed by atoms with Gasteiger partial charge in [0.25, 0.3) is 0 Å². The lowest BCUT2D eigenvalue weighted by atomic mass is 9.65. The Morgan fingerprint density at radius 2 is 0.783 bits per heavy atom. The number of fused-ring (bicyclic) bond motifs is 10. The van der Waals surface area contributed by atoms with Crippen LogP contribution in [0.25, 0.3) is 78.4 Å². The summed E-state index contributed by atoms with van der Waals surface area (Å²) >= 11 is 0. The minimum absolute atomic E-state index is 0.545. The second-order valence-corrected chi connectivity index (χ2v) is 15.3. The number of ether oxygens (including phenoxy) is 1. The van der Waals surface area contributed by atoms with E-state index in [1.807, 2.05) is 72.9 Å². The van der Waals surface area contributed by atoms with Crippen molar-refractivity contribution in [2.75, 3.05) is 0 Å². The first kappa shape index (κ1) is 34.1. The Bertz CT molecular complexity index is 3180. The maximum Gasteiger partial charge on any atom is 0.167 e. The zero-order valence-corrected chi connectivity index (χ0v) is 32.3. The topological polar surface area (TPSA) is 60.8 Å². The Kier molecular flexibility index (Phi) is 7.69. The summed E-state index contributed by atoms with van der Waals surface area (Å²) in [6.45, 7) is 0. The molecular formula is C55H34N4O. The van der Waals surface area contributed by atoms with Crippen LogP contribution in [0.15, 0.2) is 206 Å². The van der Waals surface area contributed by atoms with Gasteiger partial charge in [-0.3, -0.25) is 4.98 Å². The molecule has 0 radical (unpaired) electrons. The minimum Gasteiger partial charge on any atom is -0.455 e. The highest BCUT2D eigenvalue weighted by atomic mass is 16.5. The molecule has 0 N–H and O–H groups in total. The number of nitrogens with zero attached hydrogens (tertiary/aromatic N) is 4. The van der Waals surface area contributed by atoms with Crippen molar-refractivity contribution in [3.63, 3.8) is 0 Å². The van der Waals surface area contributed by atoms with Crippen molar-refractivity contribution < 1.29 is 4.74 Å². The lowest BCUT2D eigenvalue weighted by molar-refractivity contribution is 0.439.